The Bertz CT molecular complexity index is 903. The molecule has 5 nitrogen and oxygen atoms in total. The number of nitrogens with zero attached hydrogens (tertiary/aromatic N) is 2. The van der Waals surface area contributed by atoms with E-state index in [1.54, 1.807) is 0 Å². The number of hydrogen-bond donors (Lipinski definition) is 2. The largest absolute Gasteiger partial charge is 0.383 e. The third kappa shape index (κ3) is 4.21. The monoisotopic (exact) mass is 364 g/mol. The zero-order valence-corrected chi connectivity index (χ0v) is 15.5. The number of thioether (sulfide) groups is 1. The average molecular weight is 364 g/mol. The van der Waals surface area contributed by atoms with Crippen molar-refractivity contribution < 1.29 is 4.79 Å². The van der Waals surface area contributed by atoms with Crippen molar-refractivity contribution in [2.75, 3.05) is 11.5 Å². The molecule has 0 radical (unpaired) electrons. The Morgan fingerprint density at radius 3 is 1.92 bits per heavy atom. The van der Waals surface area contributed by atoms with E-state index in [2.05, 4.69) is 9.97 Å². The molecule has 1 heterocycles. The summed E-state index contributed by atoms with van der Waals surface area (Å²) in [4.78, 5) is 21.6. The SMILES string of the molecule is Cc1ccc(C(=O)[C@H](Sc2nc(N)cc(N)n2)c2ccc(C)cc2)cc1. The van der Waals surface area contributed by atoms with Crippen LogP contribution in [0.25, 0.3) is 0 Å². The number of hydrogen-bond acceptors (Lipinski definition) is 6. The molecule has 1 aromatic heterocycles. The summed E-state index contributed by atoms with van der Waals surface area (Å²) in [7, 11) is 0. The first-order valence-corrected chi connectivity index (χ1v) is 9.04. The van der Waals surface area contributed by atoms with E-state index in [0.29, 0.717) is 10.7 Å². The summed E-state index contributed by atoms with van der Waals surface area (Å²) < 4.78 is 0. The number of nitrogens with two attached hydrogens (primary N) is 2. The van der Waals surface area contributed by atoms with Gasteiger partial charge in [-0.05, 0) is 19.4 Å². The molecule has 0 spiro atoms. The molecule has 26 heavy (non-hydrogen) atoms. The molecule has 0 aliphatic carbocycles. The number of carbonyl (C=O) groups is 1. The Kier molecular flexibility index (Phi) is 5.23. The first-order chi connectivity index (χ1) is 12.4. The van der Waals surface area contributed by atoms with E-state index in [0.717, 1.165) is 16.7 Å². The molecular formula is C20H20N4OS. The summed E-state index contributed by atoms with van der Waals surface area (Å²) >= 11 is 1.25. The van der Waals surface area contributed by atoms with Crippen molar-refractivity contribution in [3.8, 4) is 0 Å². The highest BCUT2D eigenvalue weighted by atomic mass is 32.2. The van der Waals surface area contributed by atoms with Crippen LogP contribution in [0.5, 0.6) is 0 Å². The first kappa shape index (κ1) is 17.9. The minimum atomic E-state index is -0.487. The summed E-state index contributed by atoms with van der Waals surface area (Å²) in [6.07, 6.45) is 0. The molecule has 0 bridgehead atoms. The summed E-state index contributed by atoms with van der Waals surface area (Å²) in [5.74, 6) is 0.555. The molecule has 0 saturated carbocycles. The van der Waals surface area contributed by atoms with Gasteiger partial charge in [0.15, 0.2) is 10.9 Å². The zero-order valence-electron chi connectivity index (χ0n) is 14.6. The molecule has 0 fully saturated rings. The van der Waals surface area contributed by atoms with Crippen LogP contribution in [0.3, 0.4) is 0 Å². The van der Waals surface area contributed by atoms with Crippen LogP contribution in [-0.2, 0) is 0 Å². The number of anilines is 2. The maximum absolute atomic E-state index is 13.2. The molecule has 0 unspecified atom stereocenters. The summed E-state index contributed by atoms with van der Waals surface area (Å²) in [5, 5.41) is -0.104. The summed E-state index contributed by atoms with van der Waals surface area (Å²) in [5.41, 5.74) is 15.3. The second-order valence-corrected chi connectivity index (χ2v) is 7.21. The molecule has 6 heteroatoms. The van der Waals surface area contributed by atoms with E-state index in [4.69, 9.17) is 11.5 Å². The number of aromatic nitrogens is 2. The smallest absolute Gasteiger partial charge is 0.192 e. The predicted molar refractivity (Wildman–Crippen MR) is 106 cm³/mol. The highest BCUT2D eigenvalue weighted by Crippen LogP contribution is 2.37. The lowest BCUT2D eigenvalue weighted by Crippen LogP contribution is -2.11. The molecular weight excluding hydrogens is 344 g/mol. The van der Waals surface area contributed by atoms with E-state index in [1.807, 2.05) is 62.4 Å². The van der Waals surface area contributed by atoms with E-state index < -0.39 is 5.25 Å². The molecule has 2 aromatic carbocycles. The number of carbonyl (C=O) groups excluding carboxylic acids is 1. The summed E-state index contributed by atoms with van der Waals surface area (Å²) in [6, 6.07) is 16.9. The molecule has 3 aromatic rings. The minimum Gasteiger partial charge on any atom is -0.383 e. The standard InChI is InChI=1S/C20H20N4OS/c1-12-3-7-14(8-4-12)18(25)19(15-9-5-13(2)6-10-15)26-20-23-16(21)11-17(22)24-20/h3-11,19H,1-2H3,(H4,21,22,23,24)/t19-/m1/s1. The van der Waals surface area contributed by atoms with E-state index in [9.17, 15) is 4.79 Å². The van der Waals surface area contributed by atoms with Crippen molar-refractivity contribution in [3.05, 3.63) is 76.9 Å². The fourth-order valence-electron chi connectivity index (χ4n) is 2.50. The van der Waals surface area contributed by atoms with Gasteiger partial charge in [-0.25, -0.2) is 9.97 Å². The van der Waals surface area contributed by atoms with Gasteiger partial charge in [-0.3, -0.25) is 4.79 Å². The van der Waals surface area contributed by atoms with Crippen LogP contribution in [-0.4, -0.2) is 15.8 Å². The number of rotatable bonds is 5. The van der Waals surface area contributed by atoms with Gasteiger partial charge >= 0.3 is 0 Å². The number of nitrogen functional groups attached to an aromatic ring is 2. The fourth-order valence-corrected chi connectivity index (χ4v) is 3.57. The van der Waals surface area contributed by atoms with Gasteiger partial charge in [0.05, 0.1) is 0 Å². The average Bonchev–Trinajstić information content (AvgIpc) is 2.60. The van der Waals surface area contributed by atoms with Gasteiger partial charge in [0.25, 0.3) is 0 Å². The molecule has 4 N–H and O–H groups in total. The highest BCUT2D eigenvalue weighted by Gasteiger charge is 2.25. The second kappa shape index (κ2) is 7.58. The number of aryl methyl sites for hydroxylation is 2. The van der Waals surface area contributed by atoms with Crippen LogP contribution < -0.4 is 11.5 Å². The van der Waals surface area contributed by atoms with Crippen molar-refractivity contribution in [1.29, 1.82) is 0 Å². The van der Waals surface area contributed by atoms with Crippen molar-refractivity contribution in [1.82, 2.24) is 9.97 Å². The number of benzene rings is 2. The van der Waals surface area contributed by atoms with Crippen LogP contribution in [0.2, 0.25) is 0 Å². The normalized spacial score (nSPS) is 11.9. The highest BCUT2D eigenvalue weighted by molar-refractivity contribution is 8.00. The van der Waals surface area contributed by atoms with Gasteiger partial charge in [-0.15, -0.1) is 0 Å². The Hall–Kier alpha value is -2.86. The first-order valence-electron chi connectivity index (χ1n) is 8.16. The fraction of sp³-hybridized carbons (Fsp3) is 0.150. The molecule has 0 aliphatic rings. The molecule has 132 valence electrons. The maximum atomic E-state index is 13.2. The minimum absolute atomic E-state index is 0.0107. The maximum Gasteiger partial charge on any atom is 0.192 e. The van der Waals surface area contributed by atoms with E-state index in [1.165, 1.54) is 17.8 Å². The third-order valence-electron chi connectivity index (χ3n) is 3.92. The zero-order chi connectivity index (χ0) is 18.7. The van der Waals surface area contributed by atoms with Crippen LogP contribution in [0.1, 0.15) is 32.3 Å². The topological polar surface area (TPSA) is 94.9 Å². The number of Topliss-reactive ketones (excluding diaryl/α,β-unsaturated/α-hetero) is 1. The lowest BCUT2D eigenvalue weighted by atomic mass is 10.0. The van der Waals surface area contributed by atoms with Crippen molar-refractivity contribution in [2.45, 2.75) is 24.3 Å². The molecule has 1 atom stereocenters. The second-order valence-electron chi connectivity index (χ2n) is 6.14. The Balaban J connectivity index is 1.99. The van der Waals surface area contributed by atoms with Gasteiger partial charge in [-0.2, -0.15) is 0 Å². The van der Waals surface area contributed by atoms with Gasteiger partial charge in [0, 0.05) is 11.6 Å². The van der Waals surface area contributed by atoms with Gasteiger partial charge in [0.1, 0.15) is 16.9 Å². The Labute approximate surface area is 156 Å². The van der Waals surface area contributed by atoms with Gasteiger partial charge < -0.3 is 11.5 Å². The summed E-state index contributed by atoms with van der Waals surface area (Å²) in [6.45, 7) is 4.00. The van der Waals surface area contributed by atoms with Crippen LogP contribution in [0.4, 0.5) is 11.6 Å². The lowest BCUT2D eigenvalue weighted by Gasteiger charge is -2.16. The van der Waals surface area contributed by atoms with Gasteiger partial charge in [0.2, 0.25) is 0 Å². The molecule has 0 amide bonds. The van der Waals surface area contributed by atoms with Crippen LogP contribution >= 0.6 is 11.8 Å². The van der Waals surface area contributed by atoms with E-state index >= 15 is 0 Å². The number of ketones is 1. The van der Waals surface area contributed by atoms with Crippen molar-refractivity contribution >= 4 is 29.2 Å². The Morgan fingerprint density at radius 2 is 1.38 bits per heavy atom. The van der Waals surface area contributed by atoms with Gasteiger partial charge in [-0.1, -0.05) is 71.4 Å². The van der Waals surface area contributed by atoms with E-state index in [-0.39, 0.29) is 17.4 Å². The molecule has 3 rings (SSSR count). The lowest BCUT2D eigenvalue weighted by molar-refractivity contribution is 0.0989. The third-order valence-corrected chi connectivity index (χ3v) is 5.04. The van der Waals surface area contributed by atoms with Crippen LogP contribution in [0.15, 0.2) is 59.8 Å². The predicted octanol–water partition coefficient (Wildman–Crippen LogP) is 3.97. The van der Waals surface area contributed by atoms with Crippen LogP contribution in [0, 0.1) is 13.8 Å². The quantitative estimate of drug-likeness (QED) is 0.404. The van der Waals surface area contributed by atoms with Crippen molar-refractivity contribution in [3.63, 3.8) is 0 Å². The van der Waals surface area contributed by atoms with Crippen molar-refractivity contribution in [2.24, 2.45) is 0 Å². The Morgan fingerprint density at radius 1 is 0.885 bits per heavy atom. The molecule has 0 saturated heterocycles. The molecule has 0 aliphatic heterocycles.